The maximum Gasteiger partial charge on any atom is 0.453 e. The fourth-order valence-corrected chi connectivity index (χ4v) is 6.00. The van der Waals surface area contributed by atoms with Gasteiger partial charge in [0, 0.05) is 40.0 Å². The second-order valence-electron chi connectivity index (χ2n) is 11.4. The van der Waals surface area contributed by atoms with E-state index >= 15 is 0 Å². The van der Waals surface area contributed by atoms with Crippen LogP contribution in [0.25, 0.3) is 5.65 Å². The van der Waals surface area contributed by atoms with Crippen molar-refractivity contribution in [3.05, 3.63) is 53.3 Å². The zero-order chi connectivity index (χ0) is 28.0. The molecule has 11 heteroatoms. The first-order chi connectivity index (χ1) is 18.4. The van der Waals surface area contributed by atoms with Gasteiger partial charge in [-0.25, -0.2) is 0 Å². The smallest absolute Gasteiger partial charge is 0.453 e. The van der Waals surface area contributed by atoms with E-state index < -0.39 is 28.9 Å². The Labute approximate surface area is 224 Å². The zero-order valence-electron chi connectivity index (χ0n) is 22.3. The number of nitrogens with one attached hydrogen (secondary N) is 2. The summed E-state index contributed by atoms with van der Waals surface area (Å²) in [6, 6.07) is 9.84. The van der Waals surface area contributed by atoms with E-state index in [0.29, 0.717) is 16.0 Å². The maximum absolute atomic E-state index is 13.3. The number of amides is 1. The Hall–Kier alpha value is -3.65. The molecule has 2 N–H and O–H groups in total. The second kappa shape index (κ2) is 9.83. The summed E-state index contributed by atoms with van der Waals surface area (Å²) in [6.07, 6.45) is -3.04. The lowest BCUT2D eigenvalue weighted by atomic mass is 9.49. The topological polar surface area (TPSA) is 93.4 Å². The highest BCUT2D eigenvalue weighted by Gasteiger charge is 2.64. The average molecular weight is 541 g/mol. The number of hydrogen-bond acceptors (Lipinski definition) is 6. The largest absolute Gasteiger partial charge is 0.472 e. The average Bonchev–Trinajstić information content (AvgIpc) is 3.34. The maximum atomic E-state index is 13.3. The number of halogens is 3. The van der Waals surface area contributed by atoms with E-state index in [4.69, 9.17) is 4.74 Å². The summed E-state index contributed by atoms with van der Waals surface area (Å²) in [4.78, 5) is 13.1. The summed E-state index contributed by atoms with van der Waals surface area (Å²) >= 11 is 0. The number of nitrogens with zero attached hydrogens (tertiary/aromatic N) is 4. The number of rotatable bonds is 4. The molecule has 1 aliphatic heterocycles. The van der Waals surface area contributed by atoms with Crippen LogP contribution in [0.4, 0.5) is 13.2 Å². The lowest BCUT2D eigenvalue weighted by Crippen LogP contribution is -2.74. The van der Waals surface area contributed by atoms with Crippen molar-refractivity contribution < 1.29 is 22.7 Å². The molecule has 39 heavy (non-hydrogen) atoms. The van der Waals surface area contributed by atoms with Crippen LogP contribution in [0, 0.1) is 28.6 Å². The summed E-state index contributed by atoms with van der Waals surface area (Å²) < 4.78 is 46.5. The van der Waals surface area contributed by atoms with Crippen LogP contribution in [0.15, 0.2) is 36.4 Å². The van der Waals surface area contributed by atoms with E-state index in [2.05, 4.69) is 37.8 Å². The molecule has 8 nitrogen and oxygen atoms in total. The Morgan fingerprint density at radius 1 is 1.05 bits per heavy atom. The molecule has 1 aromatic carbocycles. The number of ether oxygens (including phenoxy) is 1. The number of alkyl halides is 3. The number of hydrogen-bond donors (Lipinski definition) is 2. The molecule has 0 spiro atoms. The van der Waals surface area contributed by atoms with Crippen molar-refractivity contribution in [2.45, 2.75) is 58.9 Å². The molecule has 2 fully saturated rings. The van der Waals surface area contributed by atoms with Crippen LogP contribution in [0.3, 0.4) is 0 Å². The predicted molar refractivity (Wildman–Crippen MR) is 138 cm³/mol. The number of carbonyl (C=O) groups is 1. The minimum Gasteiger partial charge on any atom is -0.472 e. The van der Waals surface area contributed by atoms with Crippen molar-refractivity contribution in [1.29, 1.82) is 0 Å². The van der Waals surface area contributed by atoms with E-state index in [9.17, 15) is 18.0 Å². The number of piperidine rings is 1. The van der Waals surface area contributed by atoms with Gasteiger partial charge >= 0.3 is 6.18 Å². The number of benzene rings is 1. The molecule has 3 aromatic rings. The molecule has 2 aromatic heterocycles. The van der Waals surface area contributed by atoms with E-state index in [1.807, 2.05) is 39.8 Å². The van der Waals surface area contributed by atoms with Crippen molar-refractivity contribution in [1.82, 2.24) is 30.4 Å². The zero-order valence-corrected chi connectivity index (χ0v) is 22.3. The molecular weight excluding hydrogens is 509 g/mol. The van der Waals surface area contributed by atoms with Gasteiger partial charge in [0.25, 0.3) is 11.7 Å². The Morgan fingerprint density at radius 2 is 1.72 bits per heavy atom. The lowest BCUT2D eigenvalue weighted by molar-refractivity contribution is -0.166. The standard InChI is InChI=1S/C28H31F3N6O2/c1-26(2)23(33-22(38)19-9-7-17(8-10-19)5-6-18-13-15-32-16-14-18)27(3,4)24(26)39-21-12-11-20-34-35-25(28(29,30)31)37(20)36-21/h7-12,18,23-24,32H,13-16H2,1-4H3,(H,33,38). The molecule has 2 aliphatic rings. The van der Waals surface area contributed by atoms with Gasteiger partial charge in [-0.2, -0.15) is 17.7 Å². The van der Waals surface area contributed by atoms with Crippen molar-refractivity contribution in [3.63, 3.8) is 0 Å². The molecule has 1 aliphatic carbocycles. The van der Waals surface area contributed by atoms with Crippen molar-refractivity contribution in [2.75, 3.05) is 13.1 Å². The monoisotopic (exact) mass is 540 g/mol. The third kappa shape index (κ3) is 5.17. The van der Waals surface area contributed by atoms with Crippen LogP contribution < -0.4 is 15.4 Å². The molecule has 206 valence electrons. The minimum atomic E-state index is -4.70. The number of carbonyl (C=O) groups excluding carboxylic acids is 1. The number of aromatic nitrogens is 4. The molecule has 1 amide bonds. The Morgan fingerprint density at radius 3 is 2.36 bits per heavy atom. The third-order valence-corrected chi connectivity index (χ3v) is 7.75. The third-order valence-electron chi connectivity index (χ3n) is 7.75. The van der Waals surface area contributed by atoms with Gasteiger partial charge in [-0.05, 0) is 56.3 Å². The molecule has 0 bridgehead atoms. The molecule has 0 atom stereocenters. The Bertz CT molecular complexity index is 1410. The van der Waals surface area contributed by atoms with E-state index in [1.54, 1.807) is 12.1 Å². The molecule has 0 unspecified atom stereocenters. The van der Waals surface area contributed by atoms with E-state index in [1.165, 1.54) is 12.1 Å². The first-order valence-electron chi connectivity index (χ1n) is 13.0. The molecule has 3 heterocycles. The molecule has 1 saturated heterocycles. The van der Waals surface area contributed by atoms with E-state index in [0.717, 1.165) is 31.5 Å². The fourth-order valence-electron chi connectivity index (χ4n) is 6.00. The first kappa shape index (κ1) is 26.9. The van der Waals surface area contributed by atoms with Gasteiger partial charge in [-0.15, -0.1) is 15.3 Å². The lowest BCUT2D eigenvalue weighted by Gasteiger charge is -2.62. The van der Waals surface area contributed by atoms with Crippen molar-refractivity contribution in [3.8, 4) is 17.7 Å². The van der Waals surface area contributed by atoms with Crippen LogP contribution in [0.1, 0.15) is 62.3 Å². The summed E-state index contributed by atoms with van der Waals surface area (Å²) in [5.41, 5.74) is 0.300. The Kier molecular flexibility index (Phi) is 6.79. The highest BCUT2D eigenvalue weighted by atomic mass is 19.4. The van der Waals surface area contributed by atoms with Gasteiger partial charge in [-0.1, -0.05) is 39.5 Å². The first-order valence-corrected chi connectivity index (χ1v) is 13.0. The summed E-state index contributed by atoms with van der Waals surface area (Å²) in [5, 5.41) is 17.2. The normalized spacial score (nSPS) is 22.4. The molecule has 1 saturated carbocycles. The summed E-state index contributed by atoms with van der Waals surface area (Å²) in [6.45, 7) is 9.78. The Balaban J connectivity index is 1.26. The molecule has 5 rings (SSSR count). The van der Waals surface area contributed by atoms with Gasteiger partial charge < -0.3 is 15.4 Å². The van der Waals surface area contributed by atoms with Crippen molar-refractivity contribution >= 4 is 11.6 Å². The van der Waals surface area contributed by atoms with Gasteiger partial charge in [0.15, 0.2) is 5.65 Å². The SMILES string of the molecule is CC1(C)C(NC(=O)c2ccc(C#CC3CCNCC3)cc2)C(C)(C)C1Oc1ccc2nnc(C(F)(F)F)n2n1. The molecule has 0 radical (unpaired) electrons. The highest BCUT2D eigenvalue weighted by Crippen LogP contribution is 2.55. The van der Waals surface area contributed by atoms with Crippen molar-refractivity contribution in [2.24, 2.45) is 16.7 Å². The van der Waals surface area contributed by atoms with Crippen LogP contribution >= 0.6 is 0 Å². The fraction of sp³-hybridized carbons (Fsp3) is 0.500. The summed E-state index contributed by atoms with van der Waals surface area (Å²) in [7, 11) is 0. The van der Waals surface area contributed by atoms with Gasteiger partial charge in [0.1, 0.15) is 6.10 Å². The van der Waals surface area contributed by atoms with Crippen LogP contribution in [-0.2, 0) is 6.18 Å². The quantitative estimate of drug-likeness (QED) is 0.484. The predicted octanol–water partition coefficient (Wildman–Crippen LogP) is 4.11. The van der Waals surface area contributed by atoms with Gasteiger partial charge in [0.05, 0.1) is 0 Å². The minimum absolute atomic E-state index is 0.0184. The van der Waals surface area contributed by atoms with Crippen LogP contribution in [0.2, 0.25) is 0 Å². The van der Waals surface area contributed by atoms with E-state index in [-0.39, 0.29) is 23.5 Å². The summed E-state index contributed by atoms with van der Waals surface area (Å²) in [5.74, 6) is 5.53. The van der Waals surface area contributed by atoms with Crippen LogP contribution in [0.5, 0.6) is 5.88 Å². The molecular formula is C28H31F3N6O2. The van der Waals surface area contributed by atoms with Gasteiger partial charge in [-0.3, -0.25) is 4.79 Å². The van der Waals surface area contributed by atoms with Gasteiger partial charge in [0.2, 0.25) is 5.88 Å². The highest BCUT2D eigenvalue weighted by molar-refractivity contribution is 5.94. The number of fused-ring (bicyclic) bond motifs is 1. The second-order valence-corrected chi connectivity index (χ2v) is 11.4. The van der Waals surface area contributed by atoms with Crippen LogP contribution in [-0.4, -0.2) is 51.0 Å².